The van der Waals surface area contributed by atoms with E-state index in [-0.39, 0.29) is 20.1 Å². The maximum atomic E-state index is 8.21. The molecule has 10 rings (SSSR count). The minimum atomic E-state index is -1.40. The van der Waals surface area contributed by atoms with E-state index >= 15 is 0 Å². The fourth-order valence-electron chi connectivity index (χ4n) is 8.37. The van der Waals surface area contributed by atoms with Crippen LogP contribution in [0.5, 0.6) is 0 Å². The van der Waals surface area contributed by atoms with E-state index in [0.29, 0.717) is 17.4 Å². The van der Waals surface area contributed by atoms with Gasteiger partial charge < -0.3 is 4.98 Å². The van der Waals surface area contributed by atoms with E-state index in [1.165, 1.54) is 56.6 Å². The van der Waals surface area contributed by atoms with Crippen molar-refractivity contribution in [3.8, 4) is 50.6 Å². The van der Waals surface area contributed by atoms with Crippen molar-refractivity contribution in [1.82, 2.24) is 14.5 Å². The molecule has 3 nitrogen and oxygen atoms in total. The zero-order valence-electron chi connectivity index (χ0n) is 39.4. The van der Waals surface area contributed by atoms with Gasteiger partial charge in [-0.05, 0) is 23.0 Å². The zero-order valence-corrected chi connectivity index (χ0v) is 42.1. The number of nitrogens with zero attached hydrogens (tertiary/aromatic N) is 3. The Morgan fingerprint density at radius 3 is 1.92 bits per heavy atom. The van der Waals surface area contributed by atoms with Crippen LogP contribution in [-0.2, 0) is 26.5 Å². The van der Waals surface area contributed by atoms with Crippen LogP contribution < -0.4 is 0 Å². The second-order valence-corrected chi connectivity index (χ2v) is 20.8. The van der Waals surface area contributed by atoms with Crippen LogP contribution in [0.15, 0.2) is 170 Å². The molecule has 10 aromatic rings. The third kappa shape index (κ3) is 9.52. The van der Waals surface area contributed by atoms with Crippen molar-refractivity contribution in [2.45, 2.75) is 66.7 Å². The molecule has 64 heavy (non-hydrogen) atoms. The maximum absolute atomic E-state index is 8.21. The summed E-state index contributed by atoms with van der Waals surface area (Å²) in [6.07, 6.45) is 0.223. The Labute approximate surface area is 405 Å². The Morgan fingerprint density at radius 1 is 0.641 bits per heavy atom. The van der Waals surface area contributed by atoms with Crippen LogP contribution in [0.1, 0.15) is 79.7 Å². The molecular weight excluding hydrogens is 1070 g/mol. The predicted octanol–water partition coefficient (Wildman–Crippen LogP) is 15.6. The molecular formula is C59H53IrN3Te-2. The minimum Gasteiger partial charge on any atom is -0.304 e. The summed E-state index contributed by atoms with van der Waals surface area (Å²) in [4.78, 5) is 9.76. The molecule has 0 aliphatic heterocycles. The molecule has 0 N–H and O–H groups in total. The Hall–Kier alpha value is -5.40. The van der Waals surface area contributed by atoms with Gasteiger partial charge in [-0.1, -0.05) is 32.9 Å². The third-order valence-electron chi connectivity index (χ3n) is 11.3. The molecule has 0 aliphatic carbocycles. The zero-order chi connectivity index (χ0) is 45.5. The average molecular weight is 1130 g/mol. The van der Waals surface area contributed by atoms with Crippen LogP contribution in [0.25, 0.3) is 79.2 Å². The molecule has 321 valence electrons. The van der Waals surface area contributed by atoms with Gasteiger partial charge in [-0.15, -0.1) is 35.9 Å². The number of para-hydroxylation sites is 2. The minimum absolute atomic E-state index is 0. The van der Waals surface area contributed by atoms with Gasteiger partial charge in [0.05, 0.1) is 0 Å². The third-order valence-corrected chi connectivity index (χ3v) is 14.7. The molecule has 0 amide bonds. The second kappa shape index (κ2) is 19.4. The topological polar surface area (TPSA) is 30.7 Å². The molecule has 0 spiro atoms. The first-order valence-corrected chi connectivity index (χ1v) is 24.2. The summed E-state index contributed by atoms with van der Waals surface area (Å²) in [7, 11) is 0. The van der Waals surface area contributed by atoms with Gasteiger partial charge in [0.1, 0.15) is 0 Å². The van der Waals surface area contributed by atoms with E-state index in [1.54, 1.807) is 6.20 Å². The van der Waals surface area contributed by atoms with Gasteiger partial charge in [0.15, 0.2) is 0 Å². The van der Waals surface area contributed by atoms with E-state index < -0.39 is 32.2 Å². The Morgan fingerprint density at radius 2 is 1.30 bits per heavy atom. The summed E-state index contributed by atoms with van der Waals surface area (Å²) >= 11 is -0.663. The molecule has 5 heteroatoms. The van der Waals surface area contributed by atoms with Crippen molar-refractivity contribution < 1.29 is 22.8 Å². The number of aromatic nitrogens is 3. The van der Waals surface area contributed by atoms with Gasteiger partial charge in [-0.2, -0.15) is 0 Å². The average Bonchev–Trinajstić information content (AvgIpc) is 3.90. The Kier molecular flexibility index (Phi) is 12.9. The smallest absolute Gasteiger partial charge is 0.0322 e. The molecule has 0 unspecified atom stereocenters. The van der Waals surface area contributed by atoms with Crippen LogP contribution in [0, 0.1) is 17.5 Å². The quantitative estimate of drug-likeness (QED) is 0.112. The first-order chi connectivity index (χ1) is 31.3. The van der Waals surface area contributed by atoms with Gasteiger partial charge in [-0.3, -0.25) is 0 Å². The molecule has 0 saturated heterocycles. The van der Waals surface area contributed by atoms with Crippen LogP contribution >= 0.6 is 0 Å². The van der Waals surface area contributed by atoms with Gasteiger partial charge in [0.2, 0.25) is 0 Å². The maximum Gasteiger partial charge on any atom is 0.0322 e. The number of benzene rings is 7. The number of hydrogen-bond donors (Lipinski definition) is 0. The fourth-order valence-corrected chi connectivity index (χ4v) is 11.9. The van der Waals surface area contributed by atoms with Gasteiger partial charge in [0, 0.05) is 29.0 Å². The molecule has 3 heterocycles. The number of hydrogen-bond acceptors (Lipinski definition) is 2. The predicted molar refractivity (Wildman–Crippen MR) is 268 cm³/mol. The van der Waals surface area contributed by atoms with Crippen molar-refractivity contribution in [2.75, 3.05) is 0 Å². The van der Waals surface area contributed by atoms with E-state index in [0.717, 1.165) is 33.7 Å². The van der Waals surface area contributed by atoms with E-state index in [1.807, 2.05) is 57.2 Å². The summed E-state index contributed by atoms with van der Waals surface area (Å²) in [6.45, 7) is 14.9. The number of pyridine rings is 1. The Bertz CT molecular complexity index is 3230. The molecule has 3 aromatic heterocycles. The van der Waals surface area contributed by atoms with Gasteiger partial charge in [-0.25, -0.2) is 0 Å². The largest absolute Gasteiger partial charge is 0.304 e. The summed E-state index contributed by atoms with van der Waals surface area (Å²) in [6, 6.07) is 64.5. The molecule has 0 fully saturated rings. The van der Waals surface area contributed by atoms with E-state index in [9.17, 15) is 0 Å². The van der Waals surface area contributed by atoms with Crippen molar-refractivity contribution in [1.29, 1.82) is 0 Å². The number of rotatable bonds is 8. The van der Waals surface area contributed by atoms with Crippen molar-refractivity contribution in [3.63, 3.8) is 0 Å². The molecule has 1 radical (unpaired) electrons. The second-order valence-electron chi connectivity index (χ2n) is 17.8. The summed E-state index contributed by atoms with van der Waals surface area (Å²) in [5.74, 6) is 1.64. The van der Waals surface area contributed by atoms with E-state index in [4.69, 9.17) is 7.73 Å². The number of imidazole rings is 1. The molecule has 0 bridgehead atoms. The van der Waals surface area contributed by atoms with Crippen LogP contribution in [0.4, 0.5) is 0 Å². The van der Waals surface area contributed by atoms with Crippen molar-refractivity contribution in [2.24, 2.45) is 5.41 Å². The summed E-state index contributed by atoms with van der Waals surface area (Å²) < 4.78 is 21.8. The molecule has 0 saturated carbocycles. The van der Waals surface area contributed by atoms with E-state index in [2.05, 4.69) is 177 Å². The monoisotopic (exact) mass is 1130 g/mol. The molecule has 7 aromatic carbocycles. The van der Waals surface area contributed by atoms with Crippen LogP contribution in [-0.4, -0.2) is 35.0 Å². The number of fused-ring (bicyclic) bond motifs is 4. The molecule has 0 aliphatic rings. The molecule has 0 atom stereocenters. The van der Waals surface area contributed by atoms with Crippen LogP contribution in [0.3, 0.4) is 0 Å². The fraction of sp³-hybridized carbons (Fsp3) is 0.186. The van der Waals surface area contributed by atoms with Gasteiger partial charge >= 0.3 is 282 Å². The van der Waals surface area contributed by atoms with Gasteiger partial charge in [0.25, 0.3) is 0 Å². The summed E-state index contributed by atoms with van der Waals surface area (Å²) in [5, 5.41) is 2.71. The Balaban J connectivity index is 0.000000249. The first-order valence-electron chi connectivity index (χ1n) is 22.9. The summed E-state index contributed by atoms with van der Waals surface area (Å²) in [5.41, 5.74) is 14.2. The van der Waals surface area contributed by atoms with Crippen molar-refractivity contribution >= 4 is 49.0 Å². The van der Waals surface area contributed by atoms with Crippen molar-refractivity contribution in [3.05, 3.63) is 199 Å². The standard InChI is InChI=1S/C43H35N2Te.C16H18N.Ir/c1-27(2)36-24-32(30-16-9-6-10-17-30)25-37(28(3)4)41(36)45-39-21-12-11-20-38(39)44-43(45)35-19-13-18-34-33-23-22-31(26-40(33)46-42(34)35)29-14-7-5-8-15-29;1-16(2,3)11-13-9-10-15(17-12-13)14-7-5-4-6-8-14;/h5-18,20-28H,1-4H3;4-7,9-10,12H,11H2,1-3H3;/q2*-1;/i;11D2;. The normalized spacial score (nSPS) is 12.3. The first kappa shape index (κ1) is 42.5. The van der Waals surface area contributed by atoms with Crippen LogP contribution in [0.2, 0.25) is 0 Å². The SMILES string of the molecule is CC(C)c1cc(-c2ccccc2)cc(C(C)C)c1-n1c(-c2[c-]ccc3c2[te]c2cc(-c4ccccc4)ccc23)nc2ccccc21.[2H]C([2H])(c1ccc(-c2[c-]cccc2)nc1)C(C)(C)C.[Ir].